The van der Waals surface area contributed by atoms with Crippen LogP contribution in [0, 0.1) is 22.7 Å². The van der Waals surface area contributed by atoms with Crippen molar-refractivity contribution in [3.63, 3.8) is 0 Å². The third-order valence-electron chi connectivity index (χ3n) is 12.7. The highest BCUT2D eigenvalue weighted by Gasteiger charge is 2.36. The van der Waals surface area contributed by atoms with E-state index in [9.17, 15) is 19.5 Å². The number of aliphatic hydroxyl groups excluding tert-OH is 1. The topological polar surface area (TPSA) is 127 Å². The summed E-state index contributed by atoms with van der Waals surface area (Å²) in [6.07, 6.45) is 21.8. The summed E-state index contributed by atoms with van der Waals surface area (Å²) >= 11 is 0. The summed E-state index contributed by atoms with van der Waals surface area (Å²) in [5.74, 6) is 0.656. The summed E-state index contributed by atoms with van der Waals surface area (Å²) in [6.45, 7) is 25.0. The number of rotatable bonds is 14. The van der Waals surface area contributed by atoms with E-state index >= 15 is 0 Å². The normalized spacial score (nSPS) is 26.7. The second kappa shape index (κ2) is 23.7. The standard InChI is InChI=1S/C19H28O4.C19H30O3.C16H16O3/c1-12(11-22-17-9-14(3)18(21)23-17)6-7-16-13(2)8-15(20)10-19(16,4)5;1-13(12-21-17-11-15(3)18(20)22-17)8-9-16-14(2)7-6-10-19(16,4)5;1-12(8-9-14-6-4-3-5-7-14)11-18-15-10-13(2)16(17)19-15/h9,11,15,17,20H,6-8,10H2,1-5H3;11-12,14,16-17H,6-10H2,1-5H3;3-11,15H,1-2H3/b12-11-;13-12-;9-8+,12-11-. The number of esters is 3. The number of hydrogen-bond donors (Lipinski definition) is 1. The minimum Gasteiger partial charge on any atom is -0.459 e. The van der Waals surface area contributed by atoms with E-state index in [1.807, 2.05) is 56.3 Å². The Balaban J connectivity index is 0.000000211. The number of carbonyl (C=O) groups is 3. The number of allylic oxidation sites excluding steroid dienone is 5. The molecule has 0 saturated heterocycles. The van der Waals surface area contributed by atoms with Gasteiger partial charge in [-0.3, -0.25) is 0 Å². The van der Waals surface area contributed by atoms with E-state index in [1.54, 1.807) is 57.8 Å². The van der Waals surface area contributed by atoms with Crippen LogP contribution < -0.4 is 0 Å². The number of carbonyl (C=O) groups excluding carboxylic acids is 3. The highest BCUT2D eigenvalue weighted by Crippen LogP contribution is 2.46. The van der Waals surface area contributed by atoms with Crippen molar-refractivity contribution in [2.45, 2.75) is 166 Å². The van der Waals surface area contributed by atoms with Crippen LogP contribution in [-0.4, -0.2) is 48.0 Å². The van der Waals surface area contributed by atoms with E-state index in [1.165, 1.54) is 42.4 Å². The van der Waals surface area contributed by atoms with Gasteiger partial charge in [-0.05, 0) is 138 Å². The van der Waals surface area contributed by atoms with Gasteiger partial charge in [0.1, 0.15) is 0 Å². The first kappa shape index (κ1) is 51.5. The fourth-order valence-electron chi connectivity index (χ4n) is 9.01. The molecule has 1 aromatic carbocycles. The number of ether oxygens (including phenoxy) is 6. The molecule has 1 N–H and O–H groups in total. The van der Waals surface area contributed by atoms with Crippen LogP contribution >= 0.6 is 0 Å². The Morgan fingerprint density at radius 1 is 0.750 bits per heavy atom. The maximum absolute atomic E-state index is 11.3. The van der Waals surface area contributed by atoms with E-state index in [4.69, 9.17) is 28.4 Å². The third-order valence-corrected chi connectivity index (χ3v) is 12.7. The molecule has 0 radical (unpaired) electrons. The van der Waals surface area contributed by atoms with Crippen LogP contribution in [0.25, 0.3) is 6.08 Å². The lowest BCUT2D eigenvalue weighted by Crippen LogP contribution is -2.33. The Hall–Kier alpha value is -5.09. The van der Waals surface area contributed by atoms with Crippen LogP contribution in [0.4, 0.5) is 0 Å². The van der Waals surface area contributed by atoms with Crippen molar-refractivity contribution in [1.29, 1.82) is 0 Å². The summed E-state index contributed by atoms with van der Waals surface area (Å²) in [5, 5.41) is 9.95. The lowest BCUT2D eigenvalue weighted by Gasteiger charge is -2.43. The molecule has 3 heterocycles. The van der Waals surface area contributed by atoms with Gasteiger partial charge in [-0.2, -0.15) is 0 Å². The second-order valence-corrected chi connectivity index (χ2v) is 19.5. The number of cyclic esters (lactones) is 3. The molecule has 2 aliphatic carbocycles. The molecule has 0 spiro atoms. The van der Waals surface area contributed by atoms with Crippen LogP contribution in [0.15, 0.2) is 118 Å². The average Bonchev–Trinajstić information content (AvgIpc) is 3.85. The molecule has 6 rings (SSSR count). The van der Waals surface area contributed by atoms with Crippen LogP contribution in [0.2, 0.25) is 0 Å². The summed E-state index contributed by atoms with van der Waals surface area (Å²) in [5.41, 5.74) is 9.42. The molecule has 64 heavy (non-hydrogen) atoms. The number of aliphatic hydroxyl groups is 1. The Morgan fingerprint density at radius 2 is 1.25 bits per heavy atom. The van der Waals surface area contributed by atoms with Gasteiger partial charge in [0, 0.05) is 34.9 Å². The van der Waals surface area contributed by atoms with E-state index in [0.29, 0.717) is 22.1 Å². The summed E-state index contributed by atoms with van der Waals surface area (Å²) in [4.78, 5) is 33.7. The number of hydrogen-bond acceptors (Lipinski definition) is 10. The van der Waals surface area contributed by atoms with Gasteiger partial charge in [-0.15, -0.1) is 0 Å². The van der Waals surface area contributed by atoms with E-state index in [-0.39, 0.29) is 29.4 Å². The quantitative estimate of drug-likeness (QED) is 0.0634. The predicted molar refractivity (Wildman–Crippen MR) is 251 cm³/mol. The van der Waals surface area contributed by atoms with Crippen molar-refractivity contribution in [3.8, 4) is 0 Å². The highest BCUT2D eigenvalue weighted by molar-refractivity contribution is 5.90. The Morgan fingerprint density at radius 3 is 1.72 bits per heavy atom. The van der Waals surface area contributed by atoms with E-state index in [0.717, 1.165) is 60.6 Å². The molecule has 3 aliphatic heterocycles. The van der Waals surface area contributed by atoms with Crippen molar-refractivity contribution in [2.75, 3.05) is 0 Å². The van der Waals surface area contributed by atoms with Gasteiger partial charge in [0.05, 0.1) is 24.9 Å². The van der Waals surface area contributed by atoms with Gasteiger partial charge >= 0.3 is 17.9 Å². The molecule has 10 nitrogen and oxygen atoms in total. The van der Waals surface area contributed by atoms with Gasteiger partial charge in [0.15, 0.2) is 0 Å². The summed E-state index contributed by atoms with van der Waals surface area (Å²) < 4.78 is 31.5. The molecule has 0 bridgehead atoms. The molecule has 0 amide bonds. The molecule has 0 aromatic heterocycles. The molecular formula is C54H74O10. The minimum absolute atomic E-state index is 0.0454. The SMILES string of the molecule is CC1=CC(O/C=C(/C)CCC2=C(C)CC(O)CC2(C)C)OC1=O.CC1=CC(O/C=C(/C)CCC2C(C)CCCC2(C)C)OC1=O.CC1=CC(O/C=C(C)\C=C\c2ccccc2)OC1=O. The lowest BCUT2D eigenvalue weighted by molar-refractivity contribution is -0.153. The van der Waals surface area contributed by atoms with Crippen LogP contribution in [0.3, 0.4) is 0 Å². The zero-order valence-corrected chi connectivity index (χ0v) is 40.5. The first-order chi connectivity index (χ1) is 30.1. The van der Waals surface area contributed by atoms with Crippen molar-refractivity contribution in [1.82, 2.24) is 0 Å². The molecule has 10 heteroatoms. The molecular weight excluding hydrogens is 809 g/mol. The van der Waals surface area contributed by atoms with Crippen molar-refractivity contribution >= 4 is 24.0 Å². The molecule has 1 saturated carbocycles. The zero-order chi connectivity index (χ0) is 47.2. The maximum Gasteiger partial charge on any atom is 0.336 e. The first-order valence-corrected chi connectivity index (χ1v) is 22.9. The monoisotopic (exact) mass is 883 g/mol. The van der Waals surface area contributed by atoms with Crippen LogP contribution in [0.5, 0.6) is 0 Å². The minimum atomic E-state index is -0.604. The Labute approximate surface area is 382 Å². The van der Waals surface area contributed by atoms with Crippen molar-refractivity contribution < 1.29 is 47.9 Å². The molecule has 350 valence electrons. The van der Waals surface area contributed by atoms with Gasteiger partial charge in [0.25, 0.3) is 18.9 Å². The van der Waals surface area contributed by atoms with Crippen molar-refractivity contribution in [2.24, 2.45) is 22.7 Å². The molecule has 1 fully saturated rings. The lowest BCUT2D eigenvalue weighted by atomic mass is 9.62. The average molecular weight is 883 g/mol. The molecule has 6 atom stereocenters. The fraction of sp³-hybridized carbons (Fsp3) is 0.537. The third kappa shape index (κ3) is 16.2. The highest BCUT2D eigenvalue weighted by atomic mass is 16.7. The van der Waals surface area contributed by atoms with Crippen LogP contribution in [-0.2, 0) is 42.8 Å². The molecule has 5 aliphatic rings. The fourth-order valence-corrected chi connectivity index (χ4v) is 9.01. The second-order valence-electron chi connectivity index (χ2n) is 19.5. The van der Waals surface area contributed by atoms with Gasteiger partial charge in [-0.1, -0.05) is 101 Å². The predicted octanol–water partition coefficient (Wildman–Crippen LogP) is 12.4. The summed E-state index contributed by atoms with van der Waals surface area (Å²) in [7, 11) is 0. The summed E-state index contributed by atoms with van der Waals surface area (Å²) in [6, 6.07) is 10.00. The molecule has 6 unspecified atom stereocenters. The smallest absolute Gasteiger partial charge is 0.336 e. The van der Waals surface area contributed by atoms with Gasteiger partial charge in [-0.25, -0.2) is 14.4 Å². The zero-order valence-electron chi connectivity index (χ0n) is 40.5. The Kier molecular flexibility index (Phi) is 19.1. The van der Waals surface area contributed by atoms with Gasteiger partial charge < -0.3 is 33.5 Å². The van der Waals surface area contributed by atoms with Gasteiger partial charge in [0.2, 0.25) is 0 Å². The largest absolute Gasteiger partial charge is 0.459 e. The Bertz CT molecular complexity index is 2040. The van der Waals surface area contributed by atoms with Crippen LogP contribution in [0.1, 0.15) is 146 Å². The van der Waals surface area contributed by atoms with Crippen molar-refractivity contribution in [3.05, 3.63) is 124 Å². The van der Waals surface area contributed by atoms with E-state index in [2.05, 4.69) is 48.5 Å². The van der Waals surface area contributed by atoms with E-state index < -0.39 is 18.9 Å². The maximum atomic E-state index is 11.3. The number of benzene rings is 1. The first-order valence-electron chi connectivity index (χ1n) is 22.9. The molecule has 1 aromatic rings.